The first-order valence-corrected chi connectivity index (χ1v) is 8.84. The van der Waals surface area contributed by atoms with Gasteiger partial charge < -0.3 is 4.90 Å². The van der Waals surface area contributed by atoms with Gasteiger partial charge in [-0.05, 0) is 43.7 Å². The molecule has 1 fully saturated rings. The number of thiophene rings is 1. The van der Waals surface area contributed by atoms with Crippen molar-refractivity contribution >= 4 is 17.2 Å². The summed E-state index contributed by atoms with van der Waals surface area (Å²) in [6, 6.07) is 4.25. The van der Waals surface area contributed by atoms with Crippen molar-refractivity contribution in [2.45, 2.75) is 59.7 Å². The number of amides is 1. The van der Waals surface area contributed by atoms with E-state index >= 15 is 0 Å². The Labute approximate surface area is 132 Å². The molecule has 1 aliphatic heterocycles. The molecule has 1 N–H and O–H groups in total. The molecule has 0 saturated carbocycles. The Hall–Kier alpha value is -0.870. The van der Waals surface area contributed by atoms with Gasteiger partial charge in [0.25, 0.3) is 0 Å². The normalized spacial score (nSPS) is 22.8. The van der Waals surface area contributed by atoms with Gasteiger partial charge in [-0.1, -0.05) is 27.7 Å². The summed E-state index contributed by atoms with van der Waals surface area (Å²) in [5.41, 5.74) is 0. The third-order valence-corrected chi connectivity index (χ3v) is 5.13. The highest BCUT2D eigenvalue weighted by atomic mass is 32.1. The molecule has 1 aliphatic rings. The maximum atomic E-state index is 12.7. The summed E-state index contributed by atoms with van der Waals surface area (Å²) in [5.74, 6) is 1.29. The molecule has 2 atom stereocenters. The van der Waals surface area contributed by atoms with Gasteiger partial charge in [-0.15, -0.1) is 11.3 Å². The first kappa shape index (κ1) is 16.5. The van der Waals surface area contributed by atoms with Crippen LogP contribution in [0, 0.1) is 18.8 Å². The molecule has 2 rings (SSSR count). The minimum Gasteiger partial charge on any atom is -0.321 e. The van der Waals surface area contributed by atoms with E-state index in [1.54, 1.807) is 11.3 Å². The quantitative estimate of drug-likeness (QED) is 0.863. The number of hydrogen-bond acceptors (Lipinski definition) is 3. The van der Waals surface area contributed by atoms with Gasteiger partial charge in [-0.2, -0.15) is 0 Å². The molecule has 1 amide bonds. The van der Waals surface area contributed by atoms with Crippen LogP contribution in [-0.2, 0) is 4.79 Å². The maximum Gasteiger partial charge on any atom is 0.241 e. The summed E-state index contributed by atoms with van der Waals surface area (Å²) in [6.07, 6.45) is 2.32. The van der Waals surface area contributed by atoms with Crippen LogP contribution in [0.4, 0.5) is 0 Å². The summed E-state index contributed by atoms with van der Waals surface area (Å²) >= 11 is 1.79. The first-order valence-electron chi connectivity index (χ1n) is 8.03. The molecule has 0 spiro atoms. The van der Waals surface area contributed by atoms with Gasteiger partial charge >= 0.3 is 0 Å². The predicted molar refractivity (Wildman–Crippen MR) is 89.3 cm³/mol. The fourth-order valence-electron chi connectivity index (χ4n) is 2.86. The van der Waals surface area contributed by atoms with Crippen molar-refractivity contribution < 1.29 is 4.79 Å². The second kappa shape index (κ2) is 6.93. The summed E-state index contributed by atoms with van der Waals surface area (Å²) < 4.78 is 0. The van der Waals surface area contributed by atoms with Crippen LogP contribution >= 0.6 is 11.3 Å². The first-order chi connectivity index (χ1) is 9.90. The third kappa shape index (κ3) is 3.86. The van der Waals surface area contributed by atoms with E-state index < -0.39 is 0 Å². The largest absolute Gasteiger partial charge is 0.321 e. The van der Waals surface area contributed by atoms with Crippen LogP contribution in [-0.4, -0.2) is 23.4 Å². The molecule has 0 aromatic carbocycles. The monoisotopic (exact) mass is 308 g/mol. The van der Waals surface area contributed by atoms with Crippen molar-refractivity contribution in [3.63, 3.8) is 0 Å². The van der Waals surface area contributed by atoms with Gasteiger partial charge in [0.2, 0.25) is 5.91 Å². The van der Waals surface area contributed by atoms with Gasteiger partial charge in [0.15, 0.2) is 0 Å². The molecule has 1 aromatic rings. The predicted octanol–water partition coefficient (Wildman–Crippen LogP) is 3.95. The molecule has 21 heavy (non-hydrogen) atoms. The van der Waals surface area contributed by atoms with Crippen LogP contribution in [0.2, 0.25) is 0 Å². The molecule has 0 radical (unpaired) electrons. The molecule has 3 nitrogen and oxygen atoms in total. The van der Waals surface area contributed by atoms with Crippen molar-refractivity contribution in [3.8, 4) is 0 Å². The number of rotatable bonds is 6. The Bertz CT molecular complexity index is 481. The zero-order valence-electron chi connectivity index (χ0n) is 13.8. The second-order valence-electron chi connectivity index (χ2n) is 6.81. The van der Waals surface area contributed by atoms with Gasteiger partial charge in [0, 0.05) is 16.3 Å². The number of carbonyl (C=O) groups is 1. The van der Waals surface area contributed by atoms with E-state index in [2.05, 4.69) is 57.0 Å². The Kier molecular flexibility index (Phi) is 5.44. The Balaban J connectivity index is 2.13. The highest BCUT2D eigenvalue weighted by Crippen LogP contribution is 2.32. The smallest absolute Gasteiger partial charge is 0.241 e. The summed E-state index contributed by atoms with van der Waals surface area (Å²) in [5, 5.41) is 3.54. The highest BCUT2D eigenvalue weighted by molar-refractivity contribution is 7.12. The van der Waals surface area contributed by atoms with Gasteiger partial charge in [-0.25, -0.2) is 0 Å². The Morgan fingerprint density at radius 2 is 2.00 bits per heavy atom. The van der Waals surface area contributed by atoms with Crippen molar-refractivity contribution in [1.29, 1.82) is 0 Å². The van der Waals surface area contributed by atoms with Crippen molar-refractivity contribution in [2.75, 3.05) is 6.54 Å². The van der Waals surface area contributed by atoms with Crippen molar-refractivity contribution in [1.82, 2.24) is 10.2 Å². The molecule has 118 valence electrons. The lowest BCUT2D eigenvalue weighted by Crippen LogP contribution is -2.35. The van der Waals surface area contributed by atoms with E-state index in [9.17, 15) is 4.79 Å². The van der Waals surface area contributed by atoms with Gasteiger partial charge in [0.05, 0.1) is 6.04 Å². The van der Waals surface area contributed by atoms with Crippen molar-refractivity contribution in [2.24, 2.45) is 11.8 Å². The van der Waals surface area contributed by atoms with E-state index in [-0.39, 0.29) is 18.1 Å². The number of nitrogens with zero attached hydrogens (tertiary/aromatic N) is 1. The average molecular weight is 308 g/mol. The Morgan fingerprint density at radius 1 is 1.29 bits per heavy atom. The minimum absolute atomic E-state index is 0.0449. The second-order valence-corrected chi connectivity index (χ2v) is 8.13. The highest BCUT2D eigenvalue weighted by Gasteiger charge is 2.41. The van der Waals surface area contributed by atoms with Crippen LogP contribution in [0.3, 0.4) is 0 Å². The summed E-state index contributed by atoms with van der Waals surface area (Å²) in [7, 11) is 0. The molecule has 2 unspecified atom stereocenters. The zero-order valence-corrected chi connectivity index (χ0v) is 14.7. The molecule has 4 heteroatoms. The molecule has 1 saturated heterocycles. The van der Waals surface area contributed by atoms with Gasteiger partial charge in [-0.3, -0.25) is 10.1 Å². The topological polar surface area (TPSA) is 32.3 Å². The maximum absolute atomic E-state index is 12.7. The van der Waals surface area contributed by atoms with Gasteiger partial charge in [0.1, 0.15) is 6.17 Å². The lowest BCUT2D eigenvalue weighted by atomic mass is 10.0. The summed E-state index contributed by atoms with van der Waals surface area (Å²) in [6.45, 7) is 11.7. The van der Waals surface area contributed by atoms with Crippen LogP contribution in [0.1, 0.15) is 56.5 Å². The number of aryl methyl sites for hydroxylation is 1. The van der Waals surface area contributed by atoms with E-state index in [1.807, 2.05) is 0 Å². The molecule has 2 heterocycles. The van der Waals surface area contributed by atoms with E-state index in [0.717, 1.165) is 13.0 Å². The van der Waals surface area contributed by atoms with Crippen LogP contribution in [0.25, 0.3) is 0 Å². The number of carbonyl (C=O) groups excluding carboxylic acids is 1. The molecule has 0 bridgehead atoms. The van der Waals surface area contributed by atoms with Crippen LogP contribution < -0.4 is 5.32 Å². The Morgan fingerprint density at radius 3 is 2.52 bits per heavy atom. The average Bonchev–Trinajstić information content (AvgIpc) is 2.94. The molecular formula is C17H28N2OS. The zero-order chi connectivity index (χ0) is 15.6. The SMILES string of the molecule is Cc1ccc(C2NC(C(C)C)C(=O)N2CCCC(C)C)s1. The van der Waals surface area contributed by atoms with E-state index in [1.165, 1.54) is 16.2 Å². The molecule has 0 aliphatic carbocycles. The fourth-order valence-corrected chi connectivity index (χ4v) is 3.81. The summed E-state index contributed by atoms with van der Waals surface area (Å²) in [4.78, 5) is 17.3. The number of hydrogen-bond donors (Lipinski definition) is 1. The van der Waals surface area contributed by atoms with Crippen LogP contribution in [0.15, 0.2) is 12.1 Å². The number of nitrogens with one attached hydrogen (secondary N) is 1. The molecular weight excluding hydrogens is 280 g/mol. The molecule has 1 aromatic heterocycles. The third-order valence-electron chi connectivity index (χ3n) is 4.08. The fraction of sp³-hybridized carbons (Fsp3) is 0.706. The van der Waals surface area contributed by atoms with E-state index in [0.29, 0.717) is 11.8 Å². The minimum atomic E-state index is -0.0449. The lowest BCUT2D eigenvalue weighted by Gasteiger charge is -2.23. The van der Waals surface area contributed by atoms with Crippen molar-refractivity contribution in [3.05, 3.63) is 21.9 Å². The van der Waals surface area contributed by atoms with Crippen LogP contribution in [0.5, 0.6) is 0 Å². The standard InChI is InChI=1S/C17H28N2OS/c1-11(2)7-6-10-19-16(14-9-8-13(5)21-14)18-15(12(3)4)17(19)20/h8-9,11-12,15-16,18H,6-7,10H2,1-5H3. The van der Waals surface area contributed by atoms with E-state index in [4.69, 9.17) is 0 Å². The lowest BCUT2D eigenvalue weighted by molar-refractivity contribution is -0.130.